The molecule has 20 heavy (non-hydrogen) atoms. The third-order valence-corrected chi connectivity index (χ3v) is 4.24. The van der Waals surface area contributed by atoms with Crippen molar-refractivity contribution in [2.24, 2.45) is 5.84 Å². The van der Waals surface area contributed by atoms with E-state index in [4.69, 9.17) is 10.6 Å². The first-order valence-corrected chi connectivity index (χ1v) is 7.52. The summed E-state index contributed by atoms with van der Waals surface area (Å²) in [7, 11) is 1.70. The van der Waals surface area contributed by atoms with Gasteiger partial charge in [-0.2, -0.15) is 0 Å². The average molecular weight is 382 g/mol. The van der Waals surface area contributed by atoms with Gasteiger partial charge in [0.15, 0.2) is 0 Å². The molecule has 0 heterocycles. The lowest BCUT2D eigenvalue weighted by atomic mass is 9.95. The van der Waals surface area contributed by atoms with Crippen molar-refractivity contribution >= 4 is 22.6 Å². The Hall–Kier alpha value is -1.11. The van der Waals surface area contributed by atoms with Gasteiger partial charge in [-0.05, 0) is 65.3 Å². The van der Waals surface area contributed by atoms with Gasteiger partial charge in [-0.3, -0.25) is 5.84 Å². The minimum absolute atomic E-state index is 0.0843. The standard InChI is InChI=1S/C16H19IN2O/c1-10-7-8-14(16(20-3)11(10)2)15(19-18)12-5-4-6-13(17)9-12/h4-9,15,19H,18H2,1-3H3. The number of aryl methyl sites for hydroxylation is 1. The Morgan fingerprint density at radius 2 is 1.95 bits per heavy atom. The Bertz CT molecular complexity index is 613. The first-order chi connectivity index (χ1) is 9.58. The first-order valence-electron chi connectivity index (χ1n) is 6.44. The van der Waals surface area contributed by atoms with Crippen LogP contribution in [0.1, 0.15) is 28.3 Å². The van der Waals surface area contributed by atoms with Crippen LogP contribution >= 0.6 is 22.6 Å². The second kappa shape index (κ2) is 6.56. The van der Waals surface area contributed by atoms with Crippen molar-refractivity contribution in [3.05, 3.63) is 62.2 Å². The van der Waals surface area contributed by atoms with Crippen molar-refractivity contribution in [3.8, 4) is 5.75 Å². The fraction of sp³-hybridized carbons (Fsp3) is 0.250. The van der Waals surface area contributed by atoms with E-state index in [2.05, 4.69) is 72.2 Å². The molecule has 2 aromatic rings. The van der Waals surface area contributed by atoms with Gasteiger partial charge in [-0.15, -0.1) is 0 Å². The summed E-state index contributed by atoms with van der Waals surface area (Å²) in [6, 6.07) is 12.4. The maximum atomic E-state index is 5.79. The molecule has 1 atom stereocenters. The number of hydrogen-bond donors (Lipinski definition) is 2. The molecule has 3 N–H and O–H groups in total. The second-order valence-electron chi connectivity index (χ2n) is 4.78. The summed E-state index contributed by atoms with van der Waals surface area (Å²) in [5, 5.41) is 0. The SMILES string of the molecule is COc1c(C(NN)c2cccc(I)c2)ccc(C)c1C. The topological polar surface area (TPSA) is 47.3 Å². The van der Waals surface area contributed by atoms with E-state index in [9.17, 15) is 0 Å². The van der Waals surface area contributed by atoms with Crippen molar-refractivity contribution in [3.63, 3.8) is 0 Å². The van der Waals surface area contributed by atoms with Gasteiger partial charge in [0.1, 0.15) is 5.75 Å². The monoisotopic (exact) mass is 382 g/mol. The van der Waals surface area contributed by atoms with Crippen LogP contribution in [-0.2, 0) is 0 Å². The molecule has 0 spiro atoms. The highest BCUT2D eigenvalue weighted by atomic mass is 127. The zero-order chi connectivity index (χ0) is 14.7. The van der Waals surface area contributed by atoms with Crippen LogP contribution in [0.2, 0.25) is 0 Å². The molecule has 0 bridgehead atoms. The van der Waals surface area contributed by atoms with Gasteiger partial charge in [-0.25, -0.2) is 5.43 Å². The molecule has 3 nitrogen and oxygen atoms in total. The summed E-state index contributed by atoms with van der Waals surface area (Å²) < 4.78 is 6.78. The summed E-state index contributed by atoms with van der Waals surface area (Å²) in [6.45, 7) is 4.15. The lowest BCUT2D eigenvalue weighted by Crippen LogP contribution is -2.29. The number of rotatable bonds is 4. The van der Waals surface area contributed by atoms with Crippen LogP contribution in [0.3, 0.4) is 0 Å². The second-order valence-corrected chi connectivity index (χ2v) is 6.03. The van der Waals surface area contributed by atoms with E-state index in [-0.39, 0.29) is 6.04 Å². The normalized spacial score (nSPS) is 12.2. The van der Waals surface area contributed by atoms with Crippen LogP contribution in [0.4, 0.5) is 0 Å². The number of nitrogens with two attached hydrogens (primary N) is 1. The predicted molar refractivity (Wildman–Crippen MR) is 90.8 cm³/mol. The van der Waals surface area contributed by atoms with Crippen LogP contribution in [0.5, 0.6) is 5.75 Å². The third kappa shape index (κ3) is 2.97. The van der Waals surface area contributed by atoms with Crippen LogP contribution < -0.4 is 16.0 Å². The first kappa shape index (κ1) is 15.3. The molecule has 4 heteroatoms. The minimum Gasteiger partial charge on any atom is -0.496 e. The van der Waals surface area contributed by atoms with Gasteiger partial charge in [-0.1, -0.05) is 24.3 Å². The molecule has 0 saturated heterocycles. The summed E-state index contributed by atoms with van der Waals surface area (Å²) in [4.78, 5) is 0. The molecule has 0 aliphatic rings. The Kier molecular flexibility index (Phi) is 5.01. The largest absolute Gasteiger partial charge is 0.496 e. The minimum atomic E-state index is -0.0843. The highest BCUT2D eigenvalue weighted by Crippen LogP contribution is 2.34. The molecule has 0 radical (unpaired) electrons. The van der Waals surface area contributed by atoms with Crippen LogP contribution in [0.25, 0.3) is 0 Å². The van der Waals surface area contributed by atoms with Gasteiger partial charge < -0.3 is 4.74 Å². The predicted octanol–water partition coefficient (Wildman–Crippen LogP) is 3.47. The van der Waals surface area contributed by atoms with Gasteiger partial charge in [0.05, 0.1) is 13.2 Å². The zero-order valence-corrected chi connectivity index (χ0v) is 14.1. The van der Waals surface area contributed by atoms with Crippen LogP contribution in [-0.4, -0.2) is 7.11 Å². The molecular formula is C16H19IN2O. The fourth-order valence-electron chi connectivity index (χ4n) is 2.36. The number of hydrazine groups is 1. The maximum Gasteiger partial charge on any atom is 0.127 e. The average Bonchev–Trinajstić information content (AvgIpc) is 2.44. The molecule has 0 amide bonds. The molecule has 106 valence electrons. The summed E-state index contributed by atoms with van der Waals surface area (Å²) >= 11 is 2.30. The Balaban J connectivity index is 2.55. The number of methoxy groups -OCH3 is 1. The molecule has 0 aromatic heterocycles. The molecule has 1 unspecified atom stereocenters. The molecule has 0 saturated carbocycles. The van der Waals surface area contributed by atoms with Crippen LogP contribution in [0, 0.1) is 17.4 Å². The van der Waals surface area contributed by atoms with E-state index in [0.29, 0.717) is 0 Å². The summed E-state index contributed by atoms with van der Waals surface area (Å²) in [6.07, 6.45) is 0. The fourth-order valence-corrected chi connectivity index (χ4v) is 2.93. The van der Waals surface area contributed by atoms with Gasteiger partial charge >= 0.3 is 0 Å². The van der Waals surface area contributed by atoms with E-state index >= 15 is 0 Å². The quantitative estimate of drug-likeness (QED) is 0.484. The van der Waals surface area contributed by atoms with Crippen molar-refractivity contribution in [1.82, 2.24) is 5.43 Å². The molecule has 2 rings (SSSR count). The van der Waals surface area contributed by atoms with Crippen LogP contribution in [0.15, 0.2) is 36.4 Å². The lowest BCUT2D eigenvalue weighted by Gasteiger charge is -2.22. The van der Waals surface area contributed by atoms with E-state index < -0.39 is 0 Å². The van der Waals surface area contributed by atoms with E-state index in [1.54, 1.807) is 7.11 Å². The van der Waals surface area contributed by atoms with Gasteiger partial charge in [0.25, 0.3) is 0 Å². The van der Waals surface area contributed by atoms with Crippen molar-refractivity contribution in [1.29, 1.82) is 0 Å². The van der Waals surface area contributed by atoms with Gasteiger partial charge in [0, 0.05) is 9.13 Å². The highest BCUT2D eigenvalue weighted by molar-refractivity contribution is 14.1. The third-order valence-electron chi connectivity index (χ3n) is 3.57. The molecule has 0 aliphatic carbocycles. The van der Waals surface area contributed by atoms with E-state index in [0.717, 1.165) is 22.4 Å². The molecule has 2 aromatic carbocycles. The number of benzene rings is 2. The summed E-state index contributed by atoms with van der Waals surface area (Å²) in [5.41, 5.74) is 7.44. The summed E-state index contributed by atoms with van der Waals surface area (Å²) in [5.74, 6) is 6.69. The number of nitrogens with one attached hydrogen (secondary N) is 1. The zero-order valence-electron chi connectivity index (χ0n) is 11.9. The Morgan fingerprint density at radius 1 is 1.20 bits per heavy atom. The van der Waals surface area contributed by atoms with Crippen molar-refractivity contribution < 1.29 is 4.74 Å². The number of ether oxygens (including phenoxy) is 1. The van der Waals surface area contributed by atoms with E-state index in [1.165, 1.54) is 9.13 Å². The molecule has 0 aliphatic heterocycles. The van der Waals surface area contributed by atoms with Crippen molar-refractivity contribution in [2.75, 3.05) is 7.11 Å². The maximum absolute atomic E-state index is 5.79. The van der Waals surface area contributed by atoms with Gasteiger partial charge in [0.2, 0.25) is 0 Å². The number of halogens is 1. The highest BCUT2D eigenvalue weighted by Gasteiger charge is 2.19. The smallest absolute Gasteiger partial charge is 0.127 e. The Labute approximate surface area is 133 Å². The lowest BCUT2D eigenvalue weighted by molar-refractivity contribution is 0.400. The van der Waals surface area contributed by atoms with Crippen molar-refractivity contribution in [2.45, 2.75) is 19.9 Å². The van der Waals surface area contributed by atoms with E-state index in [1.807, 2.05) is 6.07 Å². The Morgan fingerprint density at radius 3 is 2.55 bits per heavy atom. The number of hydrogen-bond acceptors (Lipinski definition) is 3. The molecular weight excluding hydrogens is 363 g/mol. The molecule has 0 fully saturated rings.